The number of amides is 2. The summed E-state index contributed by atoms with van der Waals surface area (Å²) >= 11 is 6.37. The number of anilines is 1. The largest absolute Gasteiger partial charge is 0.376 e. The number of likely N-dealkylation sites (tertiary alicyclic amines) is 1. The molecule has 1 fully saturated rings. The van der Waals surface area contributed by atoms with E-state index in [1.165, 1.54) is 0 Å². The van der Waals surface area contributed by atoms with Crippen molar-refractivity contribution in [2.24, 2.45) is 0 Å². The van der Waals surface area contributed by atoms with Gasteiger partial charge in [-0.05, 0) is 58.2 Å². The Hall–Kier alpha value is -2.01. The summed E-state index contributed by atoms with van der Waals surface area (Å²) in [5, 5.41) is 3.50. The fourth-order valence-electron chi connectivity index (χ4n) is 3.34. The van der Waals surface area contributed by atoms with Crippen LogP contribution in [0, 0.1) is 0 Å². The molecule has 2 amide bonds. The van der Waals surface area contributed by atoms with Crippen molar-refractivity contribution in [3.8, 4) is 0 Å². The molecule has 0 radical (unpaired) electrons. The first kappa shape index (κ1) is 21.3. The van der Waals surface area contributed by atoms with Gasteiger partial charge in [-0.2, -0.15) is 0 Å². The van der Waals surface area contributed by atoms with Crippen LogP contribution in [0.2, 0.25) is 5.02 Å². The lowest BCUT2D eigenvalue weighted by Crippen LogP contribution is -2.42. The van der Waals surface area contributed by atoms with Crippen LogP contribution in [0.15, 0.2) is 30.4 Å². The Morgan fingerprint density at radius 3 is 2.70 bits per heavy atom. The SMILES string of the molecule is C=C(C)CN(CC)C(=O)CNc1ccc(C(=O)N2CCCCC2C)c(Cl)c1. The molecule has 1 aromatic carbocycles. The molecular formula is C21H30ClN3O2. The van der Waals surface area contributed by atoms with Gasteiger partial charge >= 0.3 is 0 Å². The monoisotopic (exact) mass is 391 g/mol. The van der Waals surface area contributed by atoms with Gasteiger partial charge in [0, 0.05) is 31.4 Å². The Kier molecular flexibility index (Phi) is 7.72. The Balaban J connectivity index is 2.00. The molecule has 1 heterocycles. The molecular weight excluding hydrogens is 362 g/mol. The normalized spacial score (nSPS) is 16.7. The zero-order valence-corrected chi connectivity index (χ0v) is 17.3. The predicted octanol–water partition coefficient (Wildman–Crippen LogP) is 4.19. The van der Waals surface area contributed by atoms with Crippen LogP contribution in [-0.4, -0.2) is 53.8 Å². The van der Waals surface area contributed by atoms with Crippen LogP contribution in [0.4, 0.5) is 5.69 Å². The predicted molar refractivity (Wildman–Crippen MR) is 111 cm³/mol. The van der Waals surface area contributed by atoms with E-state index < -0.39 is 0 Å². The Bertz CT molecular complexity index is 705. The van der Waals surface area contributed by atoms with E-state index in [1.54, 1.807) is 23.1 Å². The van der Waals surface area contributed by atoms with Gasteiger partial charge in [-0.25, -0.2) is 0 Å². The summed E-state index contributed by atoms with van der Waals surface area (Å²) in [5.41, 5.74) is 2.19. The minimum Gasteiger partial charge on any atom is -0.376 e. The third-order valence-corrected chi connectivity index (χ3v) is 5.21. The van der Waals surface area contributed by atoms with Crippen LogP contribution >= 0.6 is 11.6 Å². The second kappa shape index (κ2) is 9.79. The molecule has 2 rings (SSSR count). The van der Waals surface area contributed by atoms with Crippen LogP contribution in [0.1, 0.15) is 50.4 Å². The summed E-state index contributed by atoms with van der Waals surface area (Å²) in [6.45, 7) is 11.9. The summed E-state index contributed by atoms with van der Waals surface area (Å²) < 4.78 is 0. The summed E-state index contributed by atoms with van der Waals surface area (Å²) in [6, 6.07) is 5.50. The van der Waals surface area contributed by atoms with Crippen molar-refractivity contribution in [3.63, 3.8) is 0 Å². The number of benzene rings is 1. The van der Waals surface area contributed by atoms with Gasteiger partial charge in [0.2, 0.25) is 5.91 Å². The molecule has 1 aromatic rings. The topological polar surface area (TPSA) is 52.7 Å². The molecule has 1 unspecified atom stereocenters. The molecule has 0 aliphatic carbocycles. The molecule has 0 saturated carbocycles. The van der Waals surface area contributed by atoms with E-state index >= 15 is 0 Å². The van der Waals surface area contributed by atoms with Crippen LogP contribution in [-0.2, 0) is 4.79 Å². The standard InChI is InChI=1S/C21H30ClN3O2/c1-5-24(14-15(2)3)20(26)13-23-17-9-10-18(19(22)12-17)21(27)25-11-7-6-8-16(25)4/h9-10,12,16,23H,2,5-8,11,13-14H2,1,3-4H3. The number of halogens is 1. The van der Waals surface area contributed by atoms with Crippen molar-refractivity contribution in [1.29, 1.82) is 0 Å². The van der Waals surface area contributed by atoms with Crippen molar-refractivity contribution in [2.45, 2.75) is 46.1 Å². The lowest BCUT2D eigenvalue weighted by molar-refractivity contribution is -0.128. The van der Waals surface area contributed by atoms with E-state index in [-0.39, 0.29) is 24.4 Å². The molecule has 1 aliphatic rings. The third-order valence-electron chi connectivity index (χ3n) is 4.90. The van der Waals surface area contributed by atoms with Gasteiger partial charge in [0.05, 0.1) is 17.1 Å². The molecule has 5 nitrogen and oxygen atoms in total. The highest BCUT2D eigenvalue weighted by Gasteiger charge is 2.25. The number of hydrogen-bond donors (Lipinski definition) is 1. The minimum absolute atomic E-state index is 0.00100. The van der Waals surface area contributed by atoms with Gasteiger partial charge in [0.25, 0.3) is 5.91 Å². The molecule has 0 aromatic heterocycles. The summed E-state index contributed by atoms with van der Waals surface area (Å²) in [4.78, 5) is 28.7. The first-order valence-electron chi connectivity index (χ1n) is 9.60. The first-order chi connectivity index (χ1) is 12.8. The lowest BCUT2D eigenvalue weighted by atomic mass is 10.0. The zero-order valence-electron chi connectivity index (χ0n) is 16.6. The van der Waals surface area contributed by atoms with Gasteiger partial charge in [0.15, 0.2) is 0 Å². The first-order valence-corrected chi connectivity index (χ1v) is 9.97. The highest BCUT2D eigenvalue weighted by molar-refractivity contribution is 6.34. The van der Waals surface area contributed by atoms with Gasteiger partial charge in [-0.15, -0.1) is 0 Å². The fraction of sp³-hybridized carbons (Fsp3) is 0.524. The maximum absolute atomic E-state index is 12.8. The number of carbonyl (C=O) groups is 2. The number of carbonyl (C=O) groups excluding carboxylic acids is 2. The quantitative estimate of drug-likeness (QED) is 0.709. The maximum Gasteiger partial charge on any atom is 0.255 e. The van der Waals surface area contributed by atoms with Gasteiger partial charge < -0.3 is 15.1 Å². The Labute approximate surface area is 167 Å². The minimum atomic E-state index is -0.0200. The summed E-state index contributed by atoms with van der Waals surface area (Å²) in [7, 11) is 0. The van der Waals surface area contributed by atoms with Crippen LogP contribution in [0.5, 0.6) is 0 Å². The van der Waals surface area contributed by atoms with Crippen molar-refractivity contribution in [3.05, 3.63) is 40.9 Å². The third kappa shape index (κ3) is 5.73. The fourth-order valence-corrected chi connectivity index (χ4v) is 3.61. The van der Waals surface area contributed by atoms with Crippen molar-refractivity contribution >= 4 is 29.1 Å². The van der Waals surface area contributed by atoms with Crippen LogP contribution in [0.3, 0.4) is 0 Å². The second-order valence-corrected chi connectivity index (χ2v) is 7.66. The van der Waals surface area contributed by atoms with E-state index in [9.17, 15) is 9.59 Å². The van der Waals surface area contributed by atoms with E-state index in [0.717, 1.165) is 37.1 Å². The Morgan fingerprint density at radius 2 is 2.11 bits per heavy atom. The summed E-state index contributed by atoms with van der Waals surface area (Å²) in [6.07, 6.45) is 3.23. The molecule has 27 heavy (non-hydrogen) atoms. The number of likely N-dealkylation sites (N-methyl/N-ethyl adjacent to an activating group) is 1. The van der Waals surface area contributed by atoms with Crippen molar-refractivity contribution < 1.29 is 9.59 Å². The van der Waals surface area contributed by atoms with E-state index in [4.69, 9.17) is 11.6 Å². The number of hydrogen-bond acceptors (Lipinski definition) is 3. The molecule has 1 saturated heterocycles. The van der Waals surface area contributed by atoms with Gasteiger partial charge in [-0.3, -0.25) is 9.59 Å². The van der Waals surface area contributed by atoms with E-state index in [2.05, 4.69) is 18.8 Å². The van der Waals surface area contributed by atoms with E-state index in [1.807, 2.05) is 18.7 Å². The lowest BCUT2D eigenvalue weighted by Gasteiger charge is -2.33. The van der Waals surface area contributed by atoms with Crippen LogP contribution in [0.25, 0.3) is 0 Å². The number of nitrogens with one attached hydrogen (secondary N) is 1. The number of rotatable bonds is 7. The summed E-state index contributed by atoms with van der Waals surface area (Å²) in [5.74, 6) is -0.0210. The highest BCUT2D eigenvalue weighted by atomic mass is 35.5. The highest BCUT2D eigenvalue weighted by Crippen LogP contribution is 2.25. The molecule has 0 bridgehead atoms. The smallest absolute Gasteiger partial charge is 0.255 e. The molecule has 1 N–H and O–H groups in total. The average molecular weight is 392 g/mol. The van der Waals surface area contributed by atoms with Crippen molar-refractivity contribution in [1.82, 2.24) is 9.80 Å². The molecule has 1 aliphatic heterocycles. The molecule has 1 atom stereocenters. The second-order valence-electron chi connectivity index (χ2n) is 7.26. The maximum atomic E-state index is 12.8. The van der Waals surface area contributed by atoms with Gasteiger partial charge in [0.1, 0.15) is 0 Å². The number of nitrogens with zero attached hydrogens (tertiary/aromatic N) is 2. The number of piperidine rings is 1. The molecule has 148 valence electrons. The molecule has 6 heteroatoms. The van der Waals surface area contributed by atoms with E-state index in [0.29, 0.717) is 23.7 Å². The zero-order chi connectivity index (χ0) is 20.0. The van der Waals surface area contributed by atoms with Crippen LogP contribution < -0.4 is 5.32 Å². The van der Waals surface area contributed by atoms with Crippen molar-refractivity contribution in [2.75, 3.05) is 31.5 Å². The average Bonchev–Trinajstić information content (AvgIpc) is 2.64. The Morgan fingerprint density at radius 1 is 1.37 bits per heavy atom. The van der Waals surface area contributed by atoms with Gasteiger partial charge in [-0.1, -0.05) is 23.8 Å². The molecule has 0 spiro atoms.